The van der Waals surface area contributed by atoms with E-state index in [1.807, 2.05) is 30.3 Å². The number of hydrazine groups is 2. The molecule has 2 aromatic rings. The van der Waals surface area contributed by atoms with Gasteiger partial charge in [0.1, 0.15) is 5.82 Å². The highest BCUT2D eigenvalue weighted by Gasteiger charge is 2.32. The SMILES string of the molecule is C1NNN1.CCC(CC)(c1ccc(F)cc1)c1ccccc1Cl. The highest BCUT2D eigenvalue weighted by atomic mass is 35.5. The van der Waals surface area contributed by atoms with E-state index in [9.17, 15) is 4.39 Å². The lowest BCUT2D eigenvalue weighted by molar-refractivity contribution is 0.296. The molecule has 1 aliphatic heterocycles. The zero-order valence-electron chi connectivity index (χ0n) is 13.5. The van der Waals surface area contributed by atoms with Gasteiger partial charge in [0.05, 0.1) is 6.67 Å². The van der Waals surface area contributed by atoms with Gasteiger partial charge in [-0.25, -0.2) is 15.2 Å². The summed E-state index contributed by atoms with van der Waals surface area (Å²) in [6.07, 6.45) is 1.86. The predicted octanol–water partition coefficient (Wildman–Crippen LogP) is 4.14. The fraction of sp³-hybridized carbons (Fsp3) is 0.333. The van der Waals surface area contributed by atoms with Gasteiger partial charge in [-0.2, -0.15) is 5.53 Å². The minimum Gasteiger partial charge on any atom is -0.229 e. The Kier molecular flexibility index (Phi) is 6.54. The Bertz CT molecular complexity index is 604. The minimum absolute atomic E-state index is 0.147. The monoisotopic (exact) mass is 335 g/mol. The van der Waals surface area contributed by atoms with E-state index in [1.54, 1.807) is 0 Å². The number of benzene rings is 2. The molecule has 5 heteroatoms. The van der Waals surface area contributed by atoms with Gasteiger partial charge in [0, 0.05) is 10.4 Å². The highest BCUT2D eigenvalue weighted by Crippen LogP contribution is 2.41. The van der Waals surface area contributed by atoms with Crippen LogP contribution in [-0.2, 0) is 5.41 Å². The van der Waals surface area contributed by atoms with E-state index in [1.165, 1.54) is 12.1 Å². The first-order chi connectivity index (χ1) is 11.1. The van der Waals surface area contributed by atoms with Crippen molar-refractivity contribution in [2.75, 3.05) is 6.67 Å². The molecular weight excluding hydrogens is 313 g/mol. The van der Waals surface area contributed by atoms with E-state index in [4.69, 9.17) is 11.6 Å². The zero-order valence-corrected chi connectivity index (χ0v) is 14.3. The van der Waals surface area contributed by atoms with E-state index in [2.05, 4.69) is 36.3 Å². The zero-order chi connectivity index (χ0) is 16.7. The first-order valence-electron chi connectivity index (χ1n) is 7.86. The second kappa shape index (κ2) is 8.41. The fourth-order valence-electron chi connectivity index (χ4n) is 2.90. The standard InChI is InChI=1S/C17H18ClF.CH5N3/c1-3-17(4-2,13-9-11-14(19)12-10-13)15-7-5-6-8-16(15)18;1-2-4-3-1/h5-12H,3-4H2,1-2H3;2-4H,1H2. The molecule has 124 valence electrons. The average molecular weight is 336 g/mol. The Morgan fingerprint density at radius 2 is 1.52 bits per heavy atom. The molecular formula is C18H23ClFN3. The van der Waals surface area contributed by atoms with Crippen molar-refractivity contribution in [1.82, 2.24) is 16.4 Å². The Morgan fingerprint density at radius 3 is 1.96 bits per heavy atom. The molecule has 0 aromatic heterocycles. The smallest absolute Gasteiger partial charge is 0.123 e. The van der Waals surface area contributed by atoms with Crippen molar-refractivity contribution >= 4 is 11.6 Å². The van der Waals surface area contributed by atoms with E-state index < -0.39 is 0 Å². The minimum atomic E-state index is -0.205. The molecule has 1 heterocycles. The summed E-state index contributed by atoms with van der Waals surface area (Å²) >= 11 is 6.37. The molecule has 0 amide bonds. The second-order valence-corrected chi connectivity index (χ2v) is 5.84. The molecule has 2 aromatic carbocycles. The third-order valence-corrected chi connectivity index (χ3v) is 4.68. The van der Waals surface area contributed by atoms with Gasteiger partial charge in [-0.1, -0.05) is 55.8 Å². The van der Waals surface area contributed by atoms with Crippen molar-refractivity contribution in [2.24, 2.45) is 0 Å². The maximum absolute atomic E-state index is 13.1. The summed E-state index contributed by atoms with van der Waals surface area (Å²) in [7, 11) is 0. The molecule has 1 aliphatic rings. The summed E-state index contributed by atoms with van der Waals surface area (Å²) < 4.78 is 13.1. The molecule has 1 saturated heterocycles. The van der Waals surface area contributed by atoms with Crippen LogP contribution >= 0.6 is 11.6 Å². The van der Waals surface area contributed by atoms with E-state index in [-0.39, 0.29) is 11.2 Å². The van der Waals surface area contributed by atoms with Crippen LogP contribution in [-0.4, -0.2) is 6.67 Å². The highest BCUT2D eigenvalue weighted by molar-refractivity contribution is 6.31. The first-order valence-corrected chi connectivity index (χ1v) is 8.23. The number of halogens is 2. The second-order valence-electron chi connectivity index (χ2n) is 5.43. The van der Waals surface area contributed by atoms with Crippen molar-refractivity contribution in [2.45, 2.75) is 32.1 Å². The molecule has 0 radical (unpaired) electrons. The van der Waals surface area contributed by atoms with Crippen LogP contribution in [0, 0.1) is 5.82 Å². The predicted molar refractivity (Wildman–Crippen MR) is 93.5 cm³/mol. The van der Waals surface area contributed by atoms with Gasteiger partial charge in [-0.3, -0.25) is 0 Å². The van der Waals surface area contributed by atoms with Crippen molar-refractivity contribution in [3.05, 3.63) is 70.5 Å². The first kappa shape index (κ1) is 17.9. The number of hydrogen-bond donors (Lipinski definition) is 3. The number of hydrogen-bond acceptors (Lipinski definition) is 3. The fourth-order valence-corrected chi connectivity index (χ4v) is 3.22. The molecule has 1 fully saturated rings. The van der Waals surface area contributed by atoms with Crippen molar-refractivity contribution in [3.8, 4) is 0 Å². The van der Waals surface area contributed by atoms with Crippen LogP contribution in [0.1, 0.15) is 37.8 Å². The maximum Gasteiger partial charge on any atom is 0.123 e. The molecule has 0 saturated carbocycles. The maximum atomic E-state index is 13.1. The molecule has 0 unspecified atom stereocenters. The normalized spacial score (nSPS) is 13.7. The summed E-state index contributed by atoms with van der Waals surface area (Å²) in [5, 5.41) is 0.774. The van der Waals surface area contributed by atoms with Crippen LogP contribution < -0.4 is 16.4 Å². The van der Waals surface area contributed by atoms with Gasteiger partial charge in [0.2, 0.25) is 0 Å². The van der Waals surface area contributed by atoms with Crippen molar-refractivity contribution in [3.63, 3.8) is 0 Å². The third kappa shape index (κ3) is 4.09. The van der Waals surface area contributed by atoms with Crippen molar-refractivity contribution in [1.29, 1.82) is 0 Å². The van der Waals surface area contributed by atoms with Gasteiger partial charge in [0.15, 0.2) is 0 Å². The van der Waals surface area contributed by atoms with E-state index in [0.717, 1.165) is 35.7 Å². The molecule has 23 heavy (non-hydrogen) atoms. The Hall–Kier alpha value is -1.46. The number of rotatable bonds is 4. The van der Waals surface area contributed by atoms with Crippen LogP contribution in [0.15, 0.2) is 48.5 Å². The van der Waals surface area contributed by atoms with Gasteiger partial charge < -0.3 is 0 Å². The Morgan fingerprint density at radius 1 is 1.00 bits per heavy atom. The molecule has 0 aliphatic carbocycles. The molecule has 0 atom stereocenters. The van der Waals surface area contributed by atoms with Gasteiger partial charge in [-0.15, -0.1) is 0 Å². The van der Waals surface area contributed by atoms with E-state index in [0.29, 0.717) is 0 Å². The lowest BCUT2D eigenvalue weighted by Crippen LogP contribution is -2.60. The quantitative estimate of drug-likeness (QED) is 0.786. The van der Waals surface area contributed by atoms with Crippen LogP contribution in [0.4, 0.5) is 4.39 Å². The average Bonchev–Trinajstić information content (AvgIpc) is 2.50. The Balaban J connectivity index is 0.000000417. The topological polar surface area (TPSA) is 36.1 Å². The van der Waals surface area contributed by atoms with Crippen LogP contribution in [0.2, 0.25) is 5.02 Å². The van der Waals surface area contributed by atoms with Crippen molar-refractivity contribution < 1.29 is 4.39 Å². The summed E-state index contributed by atoms with van der Waals surface area (Å²) in [5.74, 6) is -0.205. The van der Waals surface area contributed by atoms with Crippen LogP contribution in [0.5, 0.6) is 0 Å². The molecule has 0 bridgehead atoms. The third-order valence-electron chi connectivity index (χ3n) is 4.35. The number of nitrogens with one attached hydrogen (secondary N) is 3. The lowest BCUT2D eigenvalue weighted by atomic mass is 9.70. The summed E-state index contributed by atoms with van der Waals surface area (Å²) in [5.41, 5.74) is 10.2. The van der Waals surface area contributed by atoms with Gasteiger partial charge >= 0.3 is 0 Å². The summed E-state index contributed by atoms with van der Waals surface area (Å²) in [6.45, 7) is 5.19. The summed E-state index contributed by atoms with van der Waals surface area (Å²) in [4.78, 5) is 0. The van der Waals surface area contributed by atoms with E-state index >= 15 is 0 Å². The molecule has 3 N–H and O–H groups in total. The summed E-state index contributed by atoms with van der Waals surface area (Å²) in [6, 6.07) is 14.7. The Labute approximate surface area is 142 Å². The lowest BCUT2D eigenvalue weighted by Gasteiger charge is -2.34. The molecule has 3 nitrogen and oxygen atoms in total. The molecule has 3 rings (SSSR count). The van der Waals surface area contributed by atoms with Gasteiger partial charge in [0.25, 0.3) is 0 Å². The van der Waals surface area contributed by atoms with Gasteiger partial charge in [-0.05, 0) is 42.2 Å². The van der Waals surface area contributed by atoms with Crippen LogP contribution in [0.3, 0.4) is 0 Å². The molecule has 0 spiro atoms. The van der Waals surface area contributed by atoms with Crippen LogP contribution in [0.25, 0.3) is 0 Å². The largest absolute Gasteiger partial charge is 0.229 e.